The number of anilines is 3. The Balaban J connectivity index is 1.48. The summed E-state index contributed by atoms with van der Waals surface area (Å²) in [7, 11) is -3.45. The van der Waals surface area contributed by atoms with Gasteiger partial charge in [-0.25, -0.2) is 8.42 Å². The molecule has 10 heteroatoms. The van der Waals surface area contributed by atoms with Crippen LogP contribution < -0.4 is 15.5 Å². The van der Waals surface area contributed by atoms with Crippen LogP contribution in [0.4, 0.5) is 17.1 Å². The maximum absolute atomic E-state index is 13.2. The van der Waals surface area contributed by atoms with Gasteiger partial charge >= 0.3 is 0 Å². The van der Waals surface area contributed by atoms with E-state index in [-0.39, 0.29) is 22.5 Å². The molecular weight excluding hydrogens is 560 g/mol. The molecule has 2 heterocycles. The van der Waals surface area contributed by atoms with Crippen LogP contribution in [0.15, 0.2) is 71.6 Å². The lowest BCUT2D eigenvalue weighted by atomic mass is 9.99. The highest BCUT2D eigenvalue weighted by Crippen LogP contribution is 2.39. The van der Waals surface area contributed by atoms with Crippen LogP contribution >= 0.6 is 11.6 Å². The highest BCUT2D eigenvalue weighted by molar-refractivity contribution is 7.91. The van der Waals surface area contributed by atoms with E-state index in [1.54, 1.807) is 47.4 Å². The molecule has 41 heavy (non-hydrogen) atoms. The average molecular weight is 593 g/mol. The Morgan fingerprint density at radius 1 is 1.00 bits per heavy atom. The topological polar surface area (TPSA) is 98.8 Å². The molecule has 8 nitrogen and oxygen atoms in total. The number of carbonyl (C=O) groups excluding carboxylic acids is 2. The molecule has 2 aliphatic rings. The molecule has 0 aliphatic carbocycles. The van der Waals surface area contributed by atoms with Crippen LogP contribution in [0.25, 0.3) is 11.3 Å². The summed E-state index contributed by atoms with van der Waals surface area (Å²) in [6, 6.07) is 19.3. The smallest absolute Gasteiger partial charge is 0.258 e. The predicted molar refractivity (Wildman–Crippen MR) is 165 cm³/mol. The van der Waals surface area contributed by atoms with E-state index in [1.165, 1.54) is 0 Å². The van der Waals surface area contributed by atoms with E-state index < -0.39 is 9.84 Å². The van der Waals surface area contributed by atoms with Crippen LogP contribution in [0.3, 0.4) is 0 Å². The fraction of sp³-hybridized carbons (Fsp3) is 0.290. The number of nitrogens with one attached hydrogen (secondary N) is 2. The van der Waals surface area contributed by atoms with Gasteiger partial charge in [0.25, 0.3) is 5.91 Å². The van der Waals surface area contributed by atoms with Gasteiger partial charge in [-0.2, -0.15) is 0 Å². The summed E-state index contributed by atoms with van der Waals surface area (Å²) >= 11 is 6.18. The van der Waals surface area contributed by atoms with Crippen molar-refractivity contribution in [2.45, 2.75) is 31.6 Å². The van der Waals surface area contributed by atoms with Crippen LogP contribution in [0.5, 0.6) is 0 Å². The first-order valence-electron chi connectivity index (χ1n) is 13.8. The Kier molecular flexibility index (Phi) is 8.49. The standard InChI is InChI=1S/C31H33ClN4O4S/c1-3-35(4-2)18-19-41(39,40)25-14-10-23(11-15-25)33-30(29-26-16-9-22(32)20-27(26)34-31(29)38)21-7-12-24(13-8-21)36-17-5-6-28(36)37/h7-16,20,33H,3-6,17-19H2,1-2H3,(H,34,38). The van der Waals surface area contributed by atoms with Crippen LogP contribution in [0, 0.1) is 0 Å². The Morgan fingerprint density at radius 3 is 2.34 bits per heavy atom. The van der Waals surface area contributed by atoms with Crippen molar-refractivity contribution in [2.75, 3.05) is 47.5 Å². The summed E-state index contributed by atoms with van der Waals surface area (Å²) < 4.78 is 25.9. The number of hydrogen-bond donors (Lipinski definition) is 2. The second-order valence-electron chi connectivity index (χ2n) is 10.1. The minimum Gasteiger partial charge on any atom is -0.354 e. The third-order valence-corrected chi connectivity index (χ3v) is 9.52. The van der Waals surface area contributed by atoms with Crippen molar-refractivity contribution < 1.29 is 18.0 Å². The number of carbonyl (C=O) groups is 2. The molecule has 2 aliphatic heterocycles. The lowest BCUT2D eigenvalue weighted by Gasteiger charge is -2.19. The first-order valence-corrected chi connectivity index (χ1v) is 15.8. The number of nitrogens with zero attached hydrogens (tertiary/aromatic N) is 2. The minimum absolute atomic E-state index is 0.0438. The Labute approximate surface area is 245 Å². The summed E-state index contributed by atoms with van der Waals surface area (Å²) in [6.07, 6.45) is 1.37. The molecule has 0 radical (unpaired) electrons. The fourth-order valence-corrected chi connectivity index (χ4v) is 6.66. The van der Waals surface area contributed by atoms with Crippen molar-refractivity contribution in [3.05, 3.63) is 82.9 Å². The molecule has 3 aromatic carbocycles. The highest BCUT2D eigenvalue weighted by Gasteiger charge is 2.29. The van der Waals surface area contributed by atoms with Gasteiger partial charge in [0.1, 0.15) is 0 Å². The molecule has 2 N–H and O–H groups in total. The summed E-state index contributed by atoms with van der Waals surface area (Å²) in [6.45, 7) is 6.78. The van der Waals surface area contributed by atoms with Gasteiger partial charge in [-0.3, -0.25) is 9.59 Å². The van der Waals surface area contributed by atoms with Gasteiger partial charge in [0, 0.05) is 41.5 Å². The van der Waals surface area contributed by atoms with E-state index >= 15 is 0 Å². The SMILES string of the molecule is CCN(CC)CCS(=O)(=O)c1ccc(NC(=C2C(=O)Nc3cc(Cl)ccc32)c2ccc(N3CCCC3=O)cc2)cc1. The second kappa shape index (κ2) is 12.1. The van der Waals surface area contributed by atoms with E-state index in [0.29, 0.717) is 52.7 Å². The predicted octanol–water partition coefficient (Wildman–Crippen LogP) is 5.51. The average Bonchev–Trinajstić information content (AvgIpc) is 3.54. The molecule has 0 unspecified atom stereocenters. The highest BCUT2D eigenvalue weighted by atomic mass is 35.5. The molecule has 1 fully saturated rings. The van der Waals surface area contributed by atoms with E-state index in [1.807, 2.05) is 38.1 Å². The largest absolute Gasteiger partial charge is 0.354 e. The van der Waals surface area contributed by atoms with E-state index in [9.17, 15) is 18.0 Å². The van der Waals surface area contributed by atoms with Gasteiger partial charge in [-0.05, 0) is 73.6 Å². The van der Waals surface area contributed by atoms with Crippen LogP contribution in [0.1, 0.15) is 37.8 Å². The second-order valence-corrected chi connectivity index (χ2v) is 12.6. The van der Waals surface area contributed by atoms with Gasteiger partial charge in [0.15, 0.2) is 9.84 Å². The summed E-state index contributed by atoms with van der Waals surface area (Å²) in [4.78, 5) is 29.6. The lowest BCUT2D eigenvalue weighted by molar-refractivity contribution is -0.117. The van der Waals surface area contributed by atoms with Crippen molar-refractivity contribution >= 4 is 61.6 Å². The van der Waals surface area contributed by atoms with Crippen molar-refractivity contribution in [1.29, 1.82) is 0 Å². The van der Waals surface area contributed by atoms with Gasteiger partial charge in [-0.1, -0.05) is 43.6 Å². The summed E-state index contributed by atoms with van der Waals surface area (Å²) in [5.41, 5.74) is 4.50. The number of amides is 2. The van der Waals surface area contributed by atoms with Crippen LogP contribution in [-0.4, -0.2) is 57.1 Å². The minimum atomic E-state index is -3.45. The molecule has 0 aromatic heterocycles. The third-order valence-electron chi connectivity index (χ3n) is 7.57. The lowest BCUT2D eigenvalue weighted by Crippen LogP contribution is -2.29. The number of sulfone groups is 1. The molecule has 0 spiro atoms. The number of halogens is 1. The zero-order valence-corrected chi connectivity index (χ0v) is 24.7. The molecule has 0 bridgehead atoms. The van der Waals surface area contributed by atoms with Crippen LogP contribution in [0.2, 0.25) is 5.02 Å². The van der Waals surface area contributed by atoms with E-state index in [2.05, 4.69) is 15.5 Å². The third kappa shape index (κ3) is 6.17. The van der Waals surface area contributed by atoms with Gasteiger partial charge in [0.05, 0.1) is 27.6 Å². The number of benzene rings is 3. The monoisotopic (exact) mass is 592 g/mol. The maximum Gasteiger partial charge on any atom is 0.258 e. The number of hydrogen-bond acceptors (Lipinski definition) is 6. The quantitative estimate of drug-likeness (QED) is 0.301. The zero-order chi connectivity index (χ0) is 29.1. The van der Waals surface area contributed by atoms with Crippen molar-refractivity contribution in [2.24, 2.45) is 0 Å². The van der Waals surface area contributed by atoms with Crippen molar-refractivity contribution in [1.82, 2.24) is 4.90 Å². The fourth-order valence-electron chi connectivity index (χ4n) is 5.20. The Bertz CT molecular complexity index is 1600. The van der Waals surface area contributed by atoms with E-state index in [4.69, 9.17) is 11.6 Å². The van der Waals surface area contributed by atoms with Gasteiger partial charge in [-0.15, -0.1) is 0 Å². The van der Waals surface area contributed by atoms with Crippen molar-refractivity contribution in [3.8, 4) is 0 Å². The molecular formula is C31H33ClN4O4S. The van der Waals surface area contributed by atoms with E-state index in [0.717, 1.165) is 30.8 Å². The molecule has 0 atom stereocenters. The zero-order valence-electron chi connectivity index (χ0n) is 23.1. The maximum atomic E-state index is 13.2. The molecule has 2 amide bonds. The molecule has 1 saturated heterocycles. The molecule has 214 valence electrons. The molecule has 5 rings (SSSR count). The van der Waals surface area contributed by atoms with Crippen molar-refractivity contribution in [3.63, 3.8) is 0 Å². The number of fused-ring (bicyclic) bond motifs is 1. The molecule has 3 aromatic rings. The van der Waals surface area contributed by atoms with Crippen LogP contribution in [-0.2, 0) is 19.4 Å². The summed E-state index contributed by atoms with van der Waals surface area (Å²) in [5.74, 6) is -0.135. The number of rotatable bonds is 10. The molecule has 0 saturated carbocycles. The first-order chi connectivity index (χ1) is 19.7. The summed E-state index contributed by atoms with van der Waals surface area (Å²) in [5, 5.41) is 6.77. The van der Waals surface area contributed by atoms with Gasteiger partial charge < -0.3 is 20.4 Å². The Hall–Kier alpha value is -3.66. The normalized spacial score (nSPS) is 16.2. The van der Waals surface area contributed by atoms with Gasteiger partial charge in [0.2, 0.25) is 5.91 Å². The Morgan fingerprint density at radius 2 is 1.71 bits per heavy atom. The first kappa shape index (κ1) is 28.9.